The maximum atomic E-state index is 11.9. The van der Waals surface area contributed by atoms with E-state index < -0.39 is 71.8 Å². The molecule has 1 aromatic carbocycles. The molecule has 192 valence electrons. The van der Waals surface area contributed by atoms with Gasteiger partial charge in [0.25, 0.3) is 0 Å². The van der Waals surface area contributed by atoms with Crippen molar-refractivity contribution in [3.05, 3.63) is 33.9 Å². The predicted molar refractivity (Wildman–Crippen MR) is 115 cm³/mol. The van der Waals surface area contributed by atoms with Crippen LogP contribution in [0, 0.1) is 10.1 Å². The van der Waals surface area contributed by atoms with Crippen LogP contribution in [0.25, 0.3) is 0 Å². The Morgan fingerprint density at radius 3 is 2.03 bits per heavy atom. The molecule has 5 atom stereocenters. The lowest BCUT2D eigenvalue weighted by molar-refractivity contribution is -0.387. The fraction of sp³-hybridized carbons (Fsp3) is 0.524. The van der Waals surface area contributed by atoms with Gasteiger partial charge in [0.15, 0.2) is 12.2 Å². The van der Waals surface area contributed by atoms with Crippen LogP contribution in [0.2, 0.25) is 0 Å². The lowest BCUT2D eigenvalue weighted by atomic mass is 9.98. The number of hydrogen-bond donors (Lipinski definition) is 0. The van der Waals surface area contributed by atoms with Gasteiger partial charge in [0, 0.05) is 39.3 Å². The average molecular weight is 518 g/mol. The molecule has 0 N–H and O–H groups in total. The van der Waals surface area contributed by atoms with Gasteiger partial charge < -0.3 is 28.4 Å². The van der Waals surface area contributed by atoms with Gasteiger partial charge in [-0.15, -0.1) is 11.6 Å². The predicted octanol–water partition coefficient (Wildman–Crippen LogP) is 1.80. The highest BCUT2D eigenvalue weighted by atomic mass is 35.5. The molecule has 1 fully saturated rings. The highest BCUT2D eigenvalue weighted by Crippen LogP contribution is 2.37. The summed E-state index contributed by atoms with van der Waals surface area (Å²) in [6, 6.07) is 4.03. The summed E-state index contributed by atoms with van der Waals surface area (Å²) in [6.07, 6.45) is -7.32. The van der Waals surface area contributed by atoms with Gasteiger partial charge in [-0.25, -0.2) is 0 Å². The Labute approximate surface area is 204 Å². The monoisotopic (exact) mass is 517 g/mol. The van der Waals surface area contributed by atoms with E-state index in [1.807, 2.05) is 0 Å². The first kappa shape index (κ1) is 27.8. The van der Waals surface area contributed by atoms with Gasteiger partial charge in [-0.05, 0) is 0 Å². The molecule has 0 amide bonds. The Hall–Kier alpha value is -3.45. The first-order chi connectivity index (χ1) is 16.4. The van der Waals surface area contributed by atoms with Crippen molar-refractivity contribution in [2.45, 2.75) is 64.3 Å². The fourth-order valence-electron chi connectivity index (χ4n) is 3.36. The zero-order valence-corrected chi connectivity index (χ0v) is 20.0. The van der Waals surface area contributed by atoms with Gasteiger partial charge in [0.05, 0.1) is 10.8 Å². The number of para-hydroxylation sites is 1. The van der Waals surface area contributed by atoms with Crippen LogP contribution < -0.4 is 4.74 Å². The summed E-state index contributed by atoms with van der Waals surface area (Å²) in [7, 11) is 0. The second-order valence-corrected chi connectivity index (χ2v) is 7.61. The summed E-state index contributed by atoms with van der Waals surface area (Å²) in [6.45, 7) is 3.86. The Morgan fingerprint density at radius 2 is 1.51 bits per heavy atom. The number of hydrogen-bond acceptors (Lipinski definition) is 12. The summed E-state index contributed by atoms with van der Waals surface area (Å²) in [5.74, 6) is -3.63. The molecule has 1 aromatic rings. The maximum Gasteiger partial charge on any atom is 0.311 e. The van der Waals surface area contributed by atoms with E-state index in [0.717, 1.165) is 33.8 Å². The number of esters is 4. The number of ether oxygens (including phenoxy) is 6. The second kappa shape index (κ2) is 12.3. The molecule has 1 aliphatic rings. The Kier molecular flexibility index (Phi) is 9.78. The summed E-state index contributed by atoms with van der Waals surface area (Å²) < 4.78 is 32.4. The molecule has 0 aliphatic carbocycles. The highest BCUT2D eigenvalue weighted by molar-refractivity contribution is 6.17. The molecular weight excluding hydrogens is 494 g/mol. The zero-order valence-electron chi connectivity index (χ0n) is 19.3. The molecule has 13 nitrogen and oxygen atoms in total. The van der Waals surface area contributed by atoms with Gasteiger partial charge in [-0.1, -0.05) is 12.1 Å². The van der Waals surface area contributed by atoms with Crippen LogP contribution in [0.3, 0.4) is 0 Å². The number of carbonyl (C=O) groups excluding carboxylic acids is 4. The molecule has 0 aromatic heterocycles. The van der Waals surface area contributed by atoms with Crippen molar-refractivity contribution >= 4 is 41.2 Å². The third-order valence-electron chi connectivity index (χ3n) is 4.60. The molecule has 0 unspecified atom stereocenters. The normalized spacial score (nSPS) is 23.5. The van der Waals surface area contributed by atoms with Gasteiger partial charge in [0.2, 0.25) is 18.1 Å². The number of rotatable bonds is 9. The molecule has 0 spiro atoms. The van der Waals surface area contributed by atoms with Crippen LogP contribution in [-0.2, 0) is 48.7 Å². The molecule has 1 aliphatic heterocycles. The van der Waals surface area contributed by atoms with Crippen LogP contribution in [0.1, 0.15) is 33.3 Å². The number of halogens is 1. The van der Waals surface area contributed by atoms with E-state index in [-0.39, 0.29) is 17.2 Å². The maximum absolute atomic E-state index is 11.9. The molecular formula is C21H24ClNO12. The largest absolute Gasteiger partial charge is 0.463 e. The number of nitro groups is 1. The fourth-order valence-corrected chi connectivity index (χ4v) is 3.57. The number of alkyl halides is 1. The molecule has 2 rings (SSSR count). The molecule has 0 saturated carbocycles. The molecule has 0 bridgehead atoms. The Balaban J connectivity index is 2.60. The molecule has 35 heavy (non-hydrogen) atoms. The van der Waals surface area contributed by atoms with Crippen LogP contribution in [0.5, 0.6) is 5.75 Å². The highest BCUT2D eigenvalue weighted by Gasteiger charge is 2.53. The van der Waals surface area contributed by atoms with E-state index in [1.165, 1.54) is 12.1 Å². The van der Waals surface area contributed by atoms with Gasteiger partial charge in [0.1, 0.15) is 12.7 Å². The number of benzene rings is 1. The lowest BCUT2D eigenvalue weighted by Gasteiger charge is -2.43. The molecule has 14 heteroatoms. The quantitative estimate of drug-likeness (QED) is 0.153. The minimum atomic E-state index is -1.63. The van der Waals surface area contributed by atoms with Gasteiger partial charge in [-0.3, -0.25) is 29.3 Å². The Bertz CT molecular complexity index is 983. The van der Waals surface area contributed by atoms with Crippen molar-refractivity contribution in [1.29, 1.82) is 0 Å². The van der Waals surface area contributed by atoms with E-state index in [9.17, 15) is 29.3 Å². The van der Waals surface area contributed by atoms with Crippen LogP contribution in [-0.4, -0.2) is 66.1 Å². The van der Waals surface area contributed by atoms with Crippen LogP contribution in [0.15, 0.2) is 18.2 Å². The average Bonchev–Trinajstić information content (AvgIpc) is 2.75. The van der Waals surface area contributed by atoms with Crippen molar-refractivity contribution in [2.75, 3.05) is 6.61 Å². The standard InChI is InChI=1S/C21H24ClNO12/c1-10(24)30-9-16-18(31-11(2)25)19(32-12(3)26)20(33-13(4)27)21(34-16)35-17-14(8-22)6-5-7-15(17)23(28)29/h5-7,16,18-21H,8-9H2,1-4H3/t16-,18-,19+,20-,21-/m1/s1. The van der Waals surface area contributed by atoms with Gasteiger partial charge >= 0.3 is 29.6 Å². The number of nitro benzene ring substituents is 1. The van der Waals surface area contributed by atoms with Crippen molar-refractivity contribution < 1.29 is 52.5 Å². The second-order valence-electron chi connectivity index (χ2n) is 7.34. The summed E-state index contributed by atoms with van der Waals surface area (Å²) in [5, 5.41) is 11.6. The lowest BCUT2D eigenvalue weighted by Crippen LogP contribution is -2.63. The number of nitrogens with zero attached hydrogens (tertiary/aromatic N) is 1. The van der Waals surface area contributed by atoms with Crippen molar-refractivity contribution in [3.8, 4) is 5.75 Å². The van der Waals surface area contributed by atoms with E-state index in [1.54, 1.807) is 0 Å². The smallest absolute Gasteiger partial charge is 0.311 e. The van der Waals surface area contributed by atoms with Crippen LogP contribution >= 0.6 is 11.6 Å². The topological polar surface area (TPSA) is 167 Å². The van der Waals surface area contributed by atoms with Crippen molar-refractivity contribution in [3.63, 3.8) is 0 Å². The van der Waals surface area contributed by atoms with E-state index in [0.29, 0.717) is 0 Å². The summed E-state index contributed by atoms with van der Waals surface area (Å²) >= 11 is 5.93. The van der Waals surface area contributed by atoms with Crippen LogP contribution in [0.4, 0.5) is 5.69 Å². The Morgan fingerprint density at radius 1 is 0.943 bits per heavy atom. The van der Waals surface area contributed by atoms with Gasteiger partial charge in [-0.2, -0.15) is 0 Å². The number of carbonyl (C=O) groups is 4. The molecule has 0 radical (unpaired) electrons. The molecule has 1 saturated heterocycles. The van der Waals surface area contributed by atoms with Crippen molar-refractivity contribution in [1.82, 2.24) is 0 Å². The molecule has 1 heterocycles. The van der Waals surface area contributed by atoms with E-state index in [2.05, 4.69) is 0 Å². The van der Waals surface area contributed by atoms with E-state index in [4.69, 9.17) is 40.0 Å². The summed E-state index contributed by atoms with van der Waals surface area (Å²) in [5.41, 5.74) is -0.246. The third-order valence-corrected chi connectivity index (χ3v) is 4.89. The third kappa shape index (κ3) is 7.52. The zero-order chi connectivity index (χ0) is 26.3. The van der Waals surface area contributed by atoms with Crippen molar-refractivity contribution in [2.24, 2.45) is 0 Å². The SMILES string of the molecule is CC(=O)OC[C@H]1O[C@H](Oc2c(CCl)cccc2[N+](=O)[O-])[C@H](OC(C)=O)[C@@H](OC(C)=O)[C@@H]1OC(C)=O. The minimum Gasteiger partial charge on any atom is -0.463 e. The first-order valence-electron chi connectivity index (χ1n) is 10.2. The minimum absolute atomic E-state index is 0.178. The summed E-state index contributed by atoms with van der Waals surface area (Å²) in [4.78, 5) is 57.8. The van der Waals surface area contributed by atoms with E-state index >= 15 is 0 Å². The first-order valence-corrected chi connectivity index (χ1v) is 10.8.